The first-order valence-electron chi connectivity index (χ1n) is 8.56. The van der Waals surface area contributed by atoms with Crippen LogP contribution in [0.2, 0.25) is 0 Å². The van der Waals surface area contributed by atoms with Gasteiger partial charge in [-0.25, -0.2) is 9.37 Å². The highest BCUT2D eigenvalue weighted by molar-refractivity contribution is 5.78. The van der Waals surface area contributed by atoms with Crippen LogP contribution in [-0.4, -0.2) is 48.5 Å². The molecule has 1 saturated heterocycles. The van der Waals surface area contributed by atoms with Gasteiger partial charge in [0.15, 0.2) is 0 Å². The Balaban J connectivity index is 1.46. The fraction of sp³-hybridized carbons (Fsp3) is 0.368. The van der Waals surface area contributed by atoms with E-state index < -0.39 is 0 Å². The van der Waals surface area contributed by atoms with E-state index in [1.165, 1.54) is 12.1 Å². The molecule has 5 nitrogen and oxygen atoms in total. The van der Waals surface area contributed by atoms with E-state index in [-0.39, 0.29) is 24.3 Å². The number of pyridine rings is 1. The zero-order chi connectivity index (χ0) is 17.6. The Bertz CT molecular complexity index is 702. The first-order chi connectivity index (χ1) is 12.1. The Morgan fingerprint density at radius 1 is 1.20 bits per heavy atom. The minimum absolute atomic E-state index is 0.0731. The number of carbonyl (C=O) groups excluding carboxylic acids is 1. The van der Waals surface area contributed by atoms with Gasteiger partial charge in [0, 0.05) is 38.4 Å². The highest BCUT2D eigenvalue weighted by Crippen LogP contribution is 2.14. The van der Waals surface area contributed by atoms with Crippen LogP contribution in [0.5, 0.6) is 0 Å². The molecule has 1 fully saturated rings. The van der Waals surface area contributed by atoms with Crippen LogP contribution < -0.4 is 10.2 Å². The van der Waals surface area contributed by atoms with E-state index >= 15 is 0 Å². The van der Waals surface area contributed by atoms with Crippen molar-refractivity contribution in [3.8, 4) is 0 Å². The maximum atomic E-state index is 13.3. The summed E-state index contributed by atoms with van der Waals surface area (Å²) in [6, 6.07) is 12.2. The second-order valence-corrected chi connectivity index (χ2v) is 6.21. The number of benzene rings is 1. The minimum atomic E-state index is -0.261. The molecular formula is C19H23FN4O. The van der Waals surface area contributed by atoms with Crippen molar-refractivity contribution in [3.63, 3.8) is 0 Å². The van der Waals surface area contributed by atoms with Crippen LogP contribution in [0.4, 0.5) is 10.2 Å². The average molecular weight is 342 g/mol. The van der Waals surface area contributed by atoms with Gasteiger partial charge in [-0.05, 0) is 36.8 Å². The molecule has 3 rings (SSSR count). The van der Waals surface area contributed by atoms with Crippen LogP contribution in [0, 0.1) is 5.82 Å². The quantitative estimate of drug-likeness (QED) is 0.905. The third kappa shape index (κ3) is 4.54. The molecule has 25 heavy (non-hydrogen) atoms. The Morgan fingerprint density at radius 3 is 2.68 bits per heavy atom. The van der Waals surface area contributed by atoms with Crippen LogP contribution in [0.3, 0.4) is 0 Å². The maximum absolute atomic E-state index is 13.3. The molecule has 1 N–H and O–H groups in total. The van der Waals surface area contributed by atoms with Crippen molar-refractivity contribution in [2.24, 2.45) is 0 Å². The number of anilines is 1. The van der Waals surface area contributed by atoms with E-state index in [4.69, 9.17) is 0 Å². The number of aromatic nitrogens is 1. The number of halogens is 1. The highest BCUT2D eigenvalue weighted by Gasteiger charge is 2.22. The molecule has 2 heterocycles. The first-order valence-corrected chi connectivity index (χ1v) is 8.56. The summed E-state index contributed by atoms with van der Waals surface area (Å²) < 4.78 is 13.3. The maximum Gasteiger partial charge on any atom is 0.236 e. The summed E-state index contributed by atoms with van der Waals surface area (Å²) in [7, 11) is 0. The minimum Gasteiger partial charge on any atom is -0.353 e. The van der Waals surface area contributed by atoms with Gasteiger partial charge in [0.25, 0.3) is 0 Å². The first kappa shape index (κ1) is 17.4. The normalized spacial score (nSPS) is 15.9. The Hall–Kier alpha value is -2.47. The molecule has 1 aliphatic rings. The number of amides is 1. The number of rotatable bonds is 5. The number of nitrogens with one attached hydrogen (secondary N) is 1. The fourth-order valence-electron chi connectivity index (χ4n) is 2.97. The van der Waals surface area contributed by atoms with E-state index in [1.807, 2.05) is 36.1 Å². The van der Waals surface area contributed by atoms with Gasteiger partial charge >= 0.3 is 0 Å². The van der Waals surface area contributed by atoms with Crippen molar-refractivity contribution in [2.75, 3.05) is 37.6 Å². The molecule has 0 aliphatic carbocycles. The van der Waals surface area contributed by atoms with Gasteiger partial charge in [0.1, 0.15) is 11.6 Å². The fourth-order valence-corrected chi connectivity index (χ4v) is 2.97. The zero-order valence-electron chi connectivity index (χ0n) is 14.4. The van der Waals surface area contributed by atoms with Crippen molar-refractivity contribution in [2.45, 2.75) is 13.0 Å². The van der Waals surface area contributed by atoms with Gasteiger partial charge in [0.2, 0.25) is 5.91 Å². The van der Waals surface area contributed by atoms with Gasteiger partial charge in [-0.3, -0.25) is 4.79 Å². The molecule has 132 valence electrons. The molecule has 2 aromatic rings. The molecular weight excluding hydrogens is 319 g/mol. The zero-order valence-corrected chi connectivity index (χ0v) is 14.4. The van der Waals surface area contributed by atoms with E-state index in [2.05, 4.69) is 15.2 Å². The summed E-state index contributed by atoms with van der Waals surface area (Å²) >= 11 is 0. The van der Waals surface area contributed by atoms with Gasteiger partial charge in [-0.1, -0.05) is 18.2 Å². The second-order valence-electron chi connectivity index (χ2n) is 6.21. The lowest BCUT2D eigenvalue weighted by molar-refractivity contribution is -0.130. The topological polar surface area (TPSA) is 48.5 Å². The summed E-state index contributed by atoms with van der Waals surface area (Å²) in [5.74, 6) is 0.763. The molecule has 0 radical (unpaired) electrons. The van der Waals surface area contributed by atoms with Gasteiger partial charge in [-0.15, -0.1) is 0 Å². The summed E-state index contributed by atoms with van der Waals surface area (Å²) in [6.07, 6.45) is 1.78. The van der Waals surface area contributed by atoms with Gasteiger partial charge in [0.05, 0.1) is 6.54 Å². The molecule has 0 bridgehead atoms. The predicted molar refractivity (Wildman–Crippen MR) is 95.8 cm³/mol. The highest BCUT2D eigenvalue weighted by atomic mass is 19.1. The molecule has 1 aromatic carbocycles. The summed E-state index contributed by atoms with van der Waals surface area (Å²) in [4.78, 5) is 20.8. The molecule has 1 aliphatic heterocycles. The third-order valence-electron chi connectivity index (χ3n) is 4.51. The summed E-state index contributed by atoms with van der Waals surface area (Å²) in [5, 5.41) is 3.18. The van der Waals surface area contributed by atoms with E-state index in [0.717, 1.165) is 24.5 Å². The van der Waals surface area contributed by atoms with Crippen LogP contribution in [0.25, 0.3) is 0 Å². The lowest BCUT2D eigenvalue weighted by Crippen LogP contribution is -2.51. The number of hydrogen-bond acceptors (Lipinski definition) is 4. The SMILES string of the molecule is CC(NCC(=O)N1CCN(c2ccccn2)CC1)c1cccc(F)c1. The number of carbonyl (C=O) groups is 1. The van der Waals surface area contributed by atoms with Crippen molar-refractivity contribution < 1.29 is 9.18 Å². The molecule has 6 heteroatoms. The largest absolute Gasteiger partial charge is 0.353 e. The number of hydrogen-bond donors (Lipinski definition) is 1. The molecule has 0 spiro atoms. The number of piperazine rings is 1. The van der Waals surface area contributed by atoms with Crippen molar-refractivity contribution in [1.82, 2.24) is 15.2 Å². The van der Waals surface area contributed by atoms with E-state index in [1.54, 1.807) is 12.3 Å². The molecule has 1 unspecified atom stereocenters. The van der Waals surface area contributed by atoms with Crippen LogP contribution in [-0.2, 0) is 4.79 Å². The van der Waals surface area contributed by atoms with E-state index in [0.29, 0.717) is 13.1 Å². The standard InChI is InChI=1S/C19H23FN4O/c1-15(16-5-4-6-17(20)13-16)22-14-19(25)24-11-9-23(10-12-24)18-7-2-3-8-21-18/h2-8,13,15,22H,9-12,14H2,1H3. The van der Waals surface area contributed by atoms with Crippen LogP contribution >= 0.6 is 0 Å². The molecule has 1 atom stereocenters. The van der Waals surface area contributed by atoms with Crippen molar-refractivity contribution in [1.29, 1.82) is 0 Å². The smallest absolute Gasteiger partial charge is 0.236 e. The predicted octanol–water partition coefficient (Wildman–Crippen LogP) is 2.22. The van der Waals surface area contributed by atoms with Gasteiger partial charge in [-0.2, -0.15) is 0 Å². The van der Waals surface area contributed by atoms with Crippen LogP contribution in [0.15, 0.2) is 48.7 Å². The number of nitrogens with zero attached hydrogens (tertiary/aromatic N) is 3. The Labute approximate surface area is 147 Å². The summed E-state index contributed by atoms with van der Waals surface area (Å²) in [6.45, 7) is 5.11. The lowest BCUT2D eigenvalue weighted by Gasteiger charge is -2.35. The average Bonchev–Trinajstić information content (AvgIpc) is 2.66. The summed E-state index contributed by atoms with van der Waals surface area (Å²) in [5.41, 5.74) is 0.841. The molecule has 1 aromatic heterocycles. The Kier molecular flexibility index (Phi) is 5.60. The van der Waals surface area contributed by atoms with Crippen molar-refractivity contribution >= 4 is 11.7 Å². The van der Waals surface area contributed by atoms with Gasteiger partial charge < -0.3 is 15.1 Å². The van der Waals surface area contributed by atoms with Crippen LogP contribution in [0.1, 0.15) is 18.5 Å². The van der Waals surface area contributed by atoms with Crippen molar-refractivity contribution in [3.05, 3.63) is 60.0 Å². The molecule has 1 amide bonds. The second kappa shape index (κ2) is 8.07. The lowest BCUT2D eigenvalue weighted by atomic mass is 10.1. The monoisotopic (exact) mass is 342 g/mol. The third-order valence-corrected chi connectivity index (χ3v) is 4.51. The Morgan fingerprint density at radius 2 is 2.00 bits per heavy atom. The molecule has 0 saturated carbocycles. The van der Waals surface area contributed by atoms with E-state index in [9.17, 15) is 9.18 Å².